The molecule has 2 aliphatic carbocycles. The molecule has 5 rings (SSSR count). The van der Waals surface area contributed by atoms with Crippen LogP contribution in [-0.2, 0) is 16.1 Å². The van der Waals surface area contributed by atoms with Gasteiger partial charge < -0.3 is 29.9 Å². The average molecular weight is 535 g/mol. The van der Waals surface area contributed by atoms with Gasteiger partial charge in [0.25, 0.3) is 0 Å². The Morgan fingerprint density at radius 1 is 1.18 bits per heavy atom. The van der Waals surface area contributed by atoms with Crippen LogP contribution in [-0.4, -0.2) is 71.7 Å². The topological polar surface area (TPSA) is 125 Å². The van der Waals surface area contributed by atoms with E-state index in [1.165, 1.54) is 7.11 Å². The number of carbonyl (C=O) groups excluding carboxylic acids is 3. The number of nitrogens with zero attached hydrogens (tertiary/aromatic N) is 1. The number of hydrogen-bond acceptors (Lipinski definition) is 7. The fourth-order valence-corrected chi connectivity index (χ4v) is 6.08. The van der Waals surface area contributed by atoms with Gasteiger partial charge in [0.1, 0.15) is 18.5 Å². The van der Waals surface area contributed by atoms with E-state index in [0.717, 1.165) is 31.2 Å². The maximum absolute atomic E-state index is 13.9. The van der Waals surface area contributed by atoms with E-state index >= 15 is 0 Å². The third-order valence-corrected chi connectivity index (χ3v) is 7.95. The molecule has 2 aromatic carbocycles. The van der Waals surface area contributed by atoms with Crippen molar-refractivity contribution in [3.05, 3.63) is 70.8 Å². The van der Waals surface area contributed by atoms with Crippen LogP contribution in [0, 0.1) is 5.92 Å². The lowest BCUT2D eigenvalue weighted by Gasteiger charge is -2.41. The quantitative estimate of drug-likeness (QED) is 0.422. The molecule has 0 unspecified atom stereocenters. The van der Waals surface area contributed by atoms with Crippen molar-refractivity contribution in [1.82, 2.24) is 10.2 Å². The predicted octanol–water partition coefficient (Wildman–Crippen LogP) is 2.35. The standard InChI is InChI=1S/C30H34N2O7/c1-38-24-14-19(17-34)13-21-25-22(29(36)31-11-12-33)15-23(26(35)28(25)39-27(21)24)32(16-18-7-3-2-4-8-18)30(37)20-9-5-6-10-20/h2-4,7-8,13-15,17,20,23,25-26,28,33,35H,5-6,9-12,16H2,1H3,(H,31,36)/t23-,25+,26+,28+/m1/s1. The summed E-state index contributed by atoms with van der Waals surface area (Å²) in [7, 11) is 1.46. The fourth-order valence-electron chi connectivity index (χ4n) is 6.08. The molecule has 9 nitrogen and oxygen atoms in total. The van der Waals surface area contributed by atoms with E-state index in [4.69, 9.17) is 9.47 Å². The molecule has 1 fully saturated rings. The van der Waals surface area contributed by atoms with E-state index in [-0.39, 0.29) is 31.5 Å². The molecule has 1 aliphatic heterocycles. The minimum absolute atomic E-state index is 0.0426. The first-order valence-corrected chi connectivity index (χ1v) is 13.4. The first-order valence-electron chi connectivity index (χ1n) is 13.4. The highest BCUT2D eigenvalue weighted by molar-refractivity contribution is 5.96. The molecule has 4 atom stereocenters. The van der Waals surface area contributed by atoms with Gasteiger partial charge in [-0.3, -0.25) is 14.4 Å². The summed E-state index contributed by atoms with van der Waals surface area (Å²) in [4.78, 5) is 40.7. The van der Waals surface area contributed by atoms with Crippen molar-refractivity contribution in [3.63, 3.8) is 0 Å². The number of benzene rings is 2. The van der Waals surface area contributed by atoms with Gasteiger partial charge in [-0.2, -0.15) is 0 Å². The number of carbonyl (C=O) groups is 3. The summed E-state index contributed by atoms with van der Waals surface area (Å²) in [6.45, 7) is 0.0689. The van der Waals surface area contributed by atoms with Gasteiger partial charge in [-0.15, -0.1) is 0 Å². The van der Waals surface area contributed by atoms with Crippen LogP contribution in [0.25, 0.3) is 0 Å². The molecule has 0 radical (unpaired) electrons. The molecular weight excluding hydrogens is 500 g/mol. The Balaban J connectivity index is 1.60. The second kappa shape index (κ2) is 11.6. The highest BCUT2D eigenvalue weighted by atomic mass is 16.5. The second-order valence-corrected chi connectivity index (χ2v) is 10.3. The molecule has 3 aliphatic rings. The van der Waals surface area contributed by atoms with Crippen LogP contribution in [0.15, 0.2) is 54.1 Å². The van der Waals surface area contributed by atoms with Gasteiger partial charge in [0.2, 0.25) is 11.8 Å². The van der Waals surface area contributed by atoms with E-state index < -0.39 is 30.1 Å². The van der Waals surface area contributed by atoms with Crippen molar-refractivity contribution >= 4 is 18.1 Å². The number of methoxy groups -OCH3 is 1. The number of fused-ring (bicyclic) bond motifs is 3. The van der Waals surface area contributed by atoms with Crippen molar-refractivity contribution < 1.29 is 34.1 Å². The number of nitrogens with one attached hydrogen (secondary N) is 1. The van der Waals surface area contributed by atoms with E-state index in [1.54, 1.807) is 23.1 Å². The van der Waals surface area contributed by atoms with Gasteiger partial charge in [-0.25, -0.2) is 0 Å². The van der Waals surface area contributed by atoms with Crippen LogP contribution in [0.5, 0.6) is 11.5 Å². The Labute approximate surface area is 227 Å². The number of amides is 2. The fraction of sp³-hybridized carbons (Fsp3) is 0.433. The zero-order valence-corrected chi connectivity index (χ0v) is 21.9. The number of aliphatic hydroxyl groups excluding tert-OH is 2. The van der Waals surface area contributed by atoms with Crippen LogP contribution in [0.1, 0.15) is 53.1 Å². The van der Waals surface area contributed by atoms with E-state index in [2.05, 4.69) is 5.32 Å². The number of ether oxygens (including phenoxy) is 2. The third-order valence-electron chi connectivity index (χ3n) is 7.95. The van der Waals surface area contributed by atoms with Crippen LogP contribution in [0.2, 0.25) is 0 Å². The molecule has 1 saturated carbocycles. The average Bonchev–Trinajstić information content (AvgIpc) is 3.64. The number of hydrogen-bond donors (Lipinski definition) is 3. The highest BCUT2D eigenvalue weighted by Gasteiger charge is 2.52. The number of aliphatic hydroxyl groups is 2. The lowest BCUT2D eigenvalue weighted by atomic mass is 9.77. The Bertz CT molecular complexity index is 1260. The monoisotopic (exact) mass is 534 g/mol. The van der Waals surface area contributed by atoms with Crippen molar-refractivity contribution in [2.75, 3.05) is 20.3 Å². The number of rotatable bonds is 9. The SMILES string of the molecule is COc1cc(C=O)cc2c1O[C@@H]1[C@@H](O)[C@H](N(Cc3ccccc3)C(=O)C3CCCC3)C=C(C(=O)NCCO)[C@H]21. The molecule has 1 heterocycles. The van der Waals surface area contributed by atoms with Crippen molar-refractivity contribution in [1.29, 1.82) is 0 Å². The van der Waals surface area contributed by atoms with Crippen LogP contribution >= 0.6 is 0 Å². The maximum Gasteiger partial charge on any atom is 0.247 e. The van der Waals surface area contributed by atoms with E-state index in [9.17, 15) is 24.6 Å². The zero-order valence-electron chi connectivity index (χ0n) is 21.9. The number of aldehydes is 1. The molecular formula is C30H34N2O7. The van der Waals surface area contributed by atoms with Crippen molar-refractivity contribution in [2.45, 2.75) is 56.4 Å². The van der Waals surface area contributed by atoms with Crippen LogP contribution in [0.4, 0.5) is 0 Å². The predicted molar refractivity (Wildman–Crippen MR) is 142 cm³/mol. The smallest absolute Gasteiger partial charge is 0.247 e. The van der Waals surface area contributed by atoms with E-state index in [0.29, 0.717) is 34.5 Å². The molecule has 0 aromatic heterocycles. The summed E-state index contributed by atoms with van der Waals surface area (Å²) in [5, 5.41) is 23.8. The summed E-state index contributed by atoms with van der Waals surface area (Å²) < 4.78 is 11.7. The largest absolute Gasteiger partial charge is 0.493 e. The van der Waals surface area contributed by atoms with Gasteiger partial charge in [0.05, 0.1) is 25.7 Å². The van der Waals surface area contributed by atoms with Gasteiger partial charge >= 0.3 is 0 Å². The maximum atomic E-state index is 13.9. The summed E-state index contributed by atoms with van der Waals surface area (Å²) in [6, 6.07) is 11.9. The van der Waals surface area contributed by atoms with Gasteiger partial charge in [0, 0.05) is 35.7 Å². The van der Waals surface area contributed by atoms with Crippen LogP contribution in [0.3, 0.4) is 0 Å². The first kappa shape index (κ1) is 26.9. The summed E-state index contributed by atoms with van der Waals surface area (Å²) in [5.41, 5.74) is 2.13. The van der Waals surface area contributed by atoms with Gasteiger partial charge in [-0.05, 0) is 36.6 Å². The van der Waals surface area contributed by atoms with Crippen molar-refractivity contribution in [2.24, 2.45) is 5.92 Å². The Morgan fingerprint density at radius 2 is 1.92 bits per heavy atom. The second-order valence-electron chi connectivity index (χ2n) is 10.3. The lowest BCUT2D eigenvalue weighted by molar-refractivity contribution is -0.142. The van der Waals surface area contributed by atoms with E-state index in [1.807, 2.05) is 30.3 Å². The summed E-state index contributed by atoms with van der Waals surface area (Å²) in [6.07, 6.45) is 3.85. The van der Waals surface area contributed by atoms with Crippen molar-refractivity contribution in [3.8, 4) is 11.5 Å². The Morgan fingerprint density at radius 3 is 2.59 bits per heavy atom. The molecule has 2 amide bonds. The molecule has 2 aromatic rings. The lowest BCUT2D eigenvalue weighted by Crippen LogP contribution is -2.56. The molecule has 206 valence electrons. The normalized spacial score (nSPS) is 23.7. The zero-order chi connectivity index (χ0) is 27.5. The van der Waals surface area contributed by atoms with Gasteiger partial charge in [-0.1, -0.05) is 43.2 Å². The van der Waals surface area contributed by atoms with Gasteiger partial charge in [0.15, 0.2) is 11.5 Å². The molecule has 3 N–H and O–H groups in total. The first-order chi connectivity index (χ1) is 19.0. The minimum atomic E-state index is -1.16. The molecule has 9 heteroatoms. The Hall–Kier alpha value is -3.69. The Kier molecular flexibility index (Phi) is 7.99. The molecule has 0 spiro atoms. The molecule has 39 heavy (non-hydrogen) atoms. The summed E-state index contributed by atoms with van der Waals surface area (Å²) >= 11 is 0. The third kappa shape index (κ3) is 5.16. The minimum Gasteiger partial charge on any atom is -0.493 e. The highest BCUT2D eigenvalue weighted by Crippen LogP contribution is 2.51. The summed E-state index contributed by atoms with van der Waals surface area (Å²) in [5.74, 6) is -0.645. The molecule has 0 bridgehead atoms. The van der Waals surface area contributed by atoms with Crippen LogP contribution < -0.4 is 14.8 Å². The molecule has 0 saturated heterocycles.